The van der Waals surface area contributed by atoms with Crippen LogP contribution in [0.3, 0.4) is 0 Å². The molecule has 3 aromatic rings. The van der Waals surface area contributed by atoms with Crippen molar-refractivity contribution in [1.82, 2.24) is 4.90 Å². The van der Waals surface area contributed by atoms with Gasteiger partial charge in [-0.15, -0.1) is 0 Å². The molecule has 0 N–H and O–H groups in total. The number of methoxy groups -OCH3 is 1. The normalized spacial score (nSPS) is 13.1. The Morgan fingerprint density at radius 2 is 1.32 bits per heavy atom. The van der Waals surface area contributed by atoms with E-state index in [4.69, 9.17) is 4.74 Å². The first-order valence-corrected chi connectivity index (χ1v) is 9.65. The lowest BCUT2D eigenvalue weighted by molar-refractivity contribution is -0.142. The van der Waals surface area contributed by atoms with Crippen molar-refractivity contribution in [2.45, 2.75) is 32.0 Å². The molecule has 3 aromatic carbocycles. The fraction of sp³-hybridized carbons (Fsp3) is 0.240. The van der Waals surface area contributed by atoms with Gasteiger partial charge in [0.25, 0.3) is 0 Å². The maximum Gasteiger partial charge on any atom is 0.307 e. The van der Waals surface area contributed by atoms with E-state index in [-0.39, 0.29) is 18.1 Å². The molecule has 3 nitrogen and oxygen atoms in total. The summed E-state index contributed by atoms with van der Waals surface area (Å²) in [5.74, 6) is -0.202. The molecule has 0 unspecified atom stereocenters. The van der Waals surface area contributed by atoms with Crippen molar-refractivity contribution in [3.05, 3.63) is 108 Å². The minimum Gasteiger partial charge on any atom is -0.469 e. The summed E-state index contributed by atoms with van der Waals surface area (Å²) in [7, 11) is 1.45. The average Bonchev–Trinajstić information content (AvgIpc) is 2.77. The average molecular weight is 373 g/mol. The van der Waals surface area contributed by atoms with Crippen LogP contribution in [0, 0.1) is 0 Å². The van der Waals surface area contributed by atoms with E-state index >= 15 is 0 Å². The fourth-order valence-electron chi connectivity index (χ4n) is 3.58. The molecule has 0 amide bonds. The first-order chi connectivity index (χ1) is 13.7. The summed E-state index contributed by atoms with van der Waals surface area (Å²) >= 11 is 0. The third kappa shape index (κ3) is 5.08. The van der Waals surface area contributed by atoms with Gasteiger partial charge in [-0.3, -0.25) is 9.69 Å². The standard InChI is InChI=1S/C25H27NO2/c1-20(22-14-8-4-9-15-22)26(19-21-12-6-3-7-13-21)24(18-25(27)28-2)23-16-10-5-11-17-23/h3-17,20,24H,18-19H2,1-2H3/t20-,24+/m1/s1. The van der Waals surface area contributed by atoms with Crippen LogP contribution in [-0.2, 0) is 16.1 Å². The monoisotopic (exact) mass is 373 g/mol. The first-order valence-electron chi connectivity index (χ1n) is 9.65. The summed E-state index contributed by atoms with van der Waals surface area (Å²) in [5, 5.41) is 0. The molecule has 3 heteroatoms. The van der Waals surface area contributed by atoms with Gasteiger partial charge in [-0.2, -0.15) is 0 Å². The van der Waals surface area contributed by atoms with E-state index in [0.717, 1.165) is 12.1 Å². The Balaban J connectivity index is 2.01. The zero-order valence-electron chi connectivity index (χ0n) is 16.5. The Morgan fingerprint density at radius 3 is 1.86 bits per heavy atom. The first kappa shape index (κ1) is 19.8. The number of nitrogens with zero attached hydrogens (tertiary/aromatic N) is 1. The molecule has 0 saturated carbocycles. The second-order valence-corrected chi connectivity index (χ2v) is 6.95. The van der Waals surface area contributed by atoms with Gasteiger partial charge < -0.3 is 4.74 Å². The molecule has 0 spiro atoms. The van der Waals surface area contributed by atoms with Crippen molar-refractivity contribution < 1.29 is 9.53 Å². The summed E-state index contributed by atoms with van der Waals surface area (Å²) < 4.78 is 5.02. The van der Waals surface area contributed by atoms with Gasteiger partial charge in [0.2, 0.25) is 0 Å². The molecule has 0 aliphatic heterocycles. The van der Waals surface area contributed by atoms with E-state index in [0.29, 0.717) is 6.42 Å². The van der Waals surface area contributed by atoms with Crippen molar-refractivity contribution in [3.63, 3.8) is 0 Å². The van der Waals surface area contributed by atoms with Gasteiger partial charge >= 0.3 is 5.97 Å². The van der Waals surface area contributed by atoms with Crippen LogP contribution >= 0.6 is 0 Å². The molecule has 2 atom stereocenters. The molecule has 144 valence electrons. The molecule has 0 aliphatic rings. The molecule has 0 radical (unpaired) electrons. The van der Waals surface area contributed by atoms with Crippen LogP contribution in [0.4, 0.5) is 0 Å². The van der Waals surface area contributed by atoms with E-state index in [1.54, 1.807) is 0 Å². The molecule has 0 fully saturated rings. The number of ether oxygens (including phenoxy) is 1. The fourth-order valence-corrected chi connectivity index (χ4v) is 3.58. The van der Waals surface area contributed by atoms with E-state index in [1.165, 1.54) is 18.2 Å². The quantitative estimate of drug-likeness (QED) is 0.485. The van der Waals surface area contributed by atoms with Crippen molar-refractivity contribution in [2.24, 2.45) is 0 Å². The molecule has 0 aromatic heterocycles. The Kier molecular flexibility index (Phi) is 6.99. The number of benzene rings is 3. The molecule has 3 rings (SSSR count). The summed E-state index contributed by atoms with van der Waals surface area (Å²) in [6, 6.07) is 31.1. The SMILES string of the molecule is COC(=O)C[C@@H](c1ccccc1)N(Cc1ccccc1)[C@H](C)c1ccccc1. The smallest absolute Gasteiger partial charge is 0.307 e. The van der Waals surface area contributed by atoms with Crippen LogP contribution in [0.25, 0.3) is 0 Å². The van der Waals surface area contributed by atoms with E-state index in [1.807, 2.05) is 30.3 Å². The third-order valence-corrected chi connectivity index (χ3v) is 5.16. The number of hydrogen-bond donors (Lipinski definition) is 0. The number of rotatable bonds is 8. The maximum atomic E-state index is 12.3. The van der Waals surface area contributed by atoms with Crippen molar-refractivity contribution >= 4 is 5.97 Å². The topological polar surface area (TPSA) is 29.5 Å². The lowest BCUT2D eigenvalue weighted by Crippen LogP contribution is -2.33. The molecular weight excluding hydrogens is 346 g/mol. The zero-order valence-corrected chi connectivity index (χ0v) is 16.5. The van der Waals surface area contributed by atoms with Crippen LogP contribution in [-0.4, -0.2) is 18.0 Å². The van der Waals surface area contributed by atoms with E-state index in [2.05, 4.69) is 72.5 Å². The lowest BCUT2D eigenvalue weighted by atomic mass is 9.96. The minimum atomic E-state index is -0.202. The lowest BCUT2D eigenvalue weighted by Gasteiger charge is -2.37. The van der Waals surface area contributed by atoms with Crippen LogP contribution in [0.1, 0.15) is 42.1 Å². The number of hydrogen-bond acceptors (Lipinski definition) is 3. The van der Waals surface area contributed by atoms with E-state index in [9.17, 15) is 4.79 Å². The summed E-state index contributed by atoms with van der Waals surface area (Å²) in [6.07, 6.45) is 0.310. The predicted molar refractivity (Wildman–Crippen MR) is 113 cm³/mol. The van der Waals surface area contributed by atoms with Gasteiger partial charge in [-0.25, -0.2) is 0 Å². The van der Waals surface area contributed by atoms with Gasteiger partial charge in [0.1, 0.15) is 0 Å². The highest BCUT2D eigenvalue weighted by Crippen LogP contribution is 2.34. The molecule has 0 bridgehead atoms. The predicted octanol–water partition coefficient (Wildman–Crippen LogP) is 5.55. The molecule has 0 aliphatic carbocycles. The Bertz CT molecular complexity index is 849. The largest absolute Gasteiger partial charge is 0.469 e. The zero-order chi connectivity index (χ0) is 19.8. The van der Waals surface area contributed by atoms with Gasteiger partial charge in [0.05, 0.1) is 13.5 Å². The summed E-state index contributed by atoms with van der Waals surface area (Å²) in [5.41, 5.74) is 3.56. The van der Waals surface area contributed by atoms with Crippen molar-refractivity contribution in [1.29, 1.82) is 0 Å². The van der Waals surface area contributed by atoms with E-state index < -0.39 is 0 Å². The van der Waals surface area contributed by atoms with Gasteiger partial charge in [0.15, 0.2) is 0 Å². The molecular formula is C25H27NO2. The minimum absolute atomic E-state index is 0.0796. The van der Waals surface area contributed by atoms with Gasteiger partial charge in [-0.05, 0) is 23.6 Å². The highest BCUT2D eigenvalue weighted by molar-refractivity contribution is 5.70. The number of carbonyl (C=O) groups is 1. The molecule has 0 saturated heterocycles. The highest BCUT2D eigenvalue weighted by atomic mass is 16.5. The summed E-state index contributed by atoms with van der Waals surface area (Å²) in [6.45, 7) is 2.94. The van der Waals surface area contributed by atoms with Gasteiger partial charge in [0, 0.05) is 18.6 Å². The van der Waals surface area contributed by atoms with Gasteiger partial charge in [-0.1, -0.05) is 91.0 Å². The second-order valence-electron chi connectivity index (χ2n) is 6.95. The summed E-state index contributed by atoms with van der Waals surface area (Å²) in [4.78, 5) is 14.6. The Labute approximate surface area is 167 Å². The number of carbonyl (C=O) groups excluding carboxylic acids is 1. The van der Waals surface area contributed by atoms with Crippen LogP contribution in [0.5, 0.6) is 0 Å². The van der Waals surface area contributed by atoms with Crippen LogP contribution in [0.2, 0.25) is 0 Å². The Hall–Kier alpha value is -2.91. The van der Waals surface area contributed by atoms with Crippen molar-refractivity contribution in [3.8, 4) is 0 Å². The molecule has 28 heavy (non-hydrogen) atoms. The van der Waals surface area contributed by atoms with Crippen LogP contribution in [0.15, 0.2) is 91.0 Å². The van der Waals surface area contributed by atoms with Crippen molar-refractivity contribution in [2.75, 3.05) is 7.11 Å². The molecule has 0 heterocycles. The highest BCUT2D eigenvalue weighted by Gasteiger charge is 2.28. The number of esters is 1. The van der Waals surface area contributed by atoms with Crippen LogP contribution < -0.4 is 0 Å². The second kappa shape index (κ2) is 9.86. The Morgan fingerprint density at radius 1 is 0.821 bits per heavy atom. The maximum absolute atomic E-state index is 12.3. The third-order valence-electron chi connectivity index (χ3n) is 5.16.